The Balaban J connectivity index is 2.76. The van der Waals surface area contributed by atoms with Crippen molar-refractivity contribution in [3.8, 4) is 0 Å². The molecule has 0 saturated heterocycles. The van der Waals surface area contributed by atoms with E-state index in [1.165, 1.54) is 19.2 Å². The molecule has 0 aliphatic rings. The van der Waals surface area contributed by atoms with Gasteiger partial charge in [-0.3, -0.25) is 4.79 Å². The van der Waals surface area contributed by atoms with Gasteiger partial charge >= 0.3 is 5.97 Å². The Kier molecular flexibility index (Phi) is 5.50. The van der Waals surface area contributed by atoms with Crippen molar-refractivity contribution in [3.63, 3.8) is 0 Å². The van der Waals surface area contributed by atoms with Crippen LogP contribution in [0.4, 0.5) is 0 Å². The van der Waals surface area contributed by atoms with Gasteiger partial charge in [0.1, 0.15) is 6.54 Å². The highest BCUT2D eigenvalue weighted by atomic mass is 32.2. The van der Waals surface area contributed by atoms with E-state index in [-0.39, 0.29) is 11.4 Å². The molecule has 6 heteroatoms. The number of carbonyl (C=O) groups excluding carboxylic acids is 1. The smallest absolute Gasteiger partial charge is 0.320 e. The fraction of sp³-hybridized carbons (Fsp3) is 0.462. The fourth-order valence-electron chi connectivity index (χ4n) is 1.59. The molecule has 19 heavy (non-hydrogen) atoms. The average molecular weight is 285 g/mol. The number of hydrogen-bond donors (Lipinski definition) is 1. The molecule has 0 radical (unpaired) electrons. The van der Waals surface area contributed by atoms with Crippen molar-refractivity contribution in [1.82, 2.24) is 4.72 Å². The predicted octanol–water partition coefficient (Wildman–Crippen LogP) is 1.34. The van der Waals surface area contributed by atoms with E-state index in [1.807, 2.05) is 0 Å². The molecule has 1 rings (SSSR count). The summed E-state index contributed by atoms with van der Waals surface area (Å²) in [4.78, 5) is 11.1. The van der Waals surface area contributed by atoms with Crippen molar-refractivity contribution in [2.24, 2.45) is 5.92 Å². The highest BCUT2D eigenvalue weighted by Gasteiger charge is 2.15. The van der Waals surface area contributed by atoms with Gasteiger partial charge in [0, 0.05) is 0 Å². The minimum atomic E-state index is -3.66. The molecule has 0 aliphatic carbocycles. The minimum Gasteiger partial charge on any atom is -0.468 e. The van der Waals surface area contributed by atoms with Gasteiger partial charge in [0.2, 0.25) is 10.0 Å². The molecular formula is C13H19NO4S. The van der Waals surface area contributed by atoms with Gasteiger partial charge in [-0.25, -0.2) is 8.42 Å². The van der Waals surface area contributed by atoms with Crippen LogP contribution in [-0.4, -0.2) is 28.0 Å². The first kappa shape index (κ1) is 15.7. The van der Waals surface area contributed by atoms with Crippen LogP contribution in [0.2, 0.25) is 0 Å². The van der Waals surface area contributed by atoms with E-state index < -0.39 is 16.0 Å². The van der Waals surface area contributed by atoms with Gasteiger partial charge in [-0.05, 0) is 30.0 Å². The van der Waals surface area contributed by atoms with E-state index >= 15 is 0 Å². The molecule has 106 valence electrons. The first-order valence-electron chi connectivity index (χ1n) is 6.00. The maximum Gasteiger partial charge on any atom is 0.320 e. The summed E-state index contributed by atoms with van der Waals surface area (Å²) in [5.41, 5.74) is 1.09. The lowest BCUT2D eigenvalue weighted by molar-refractivity contribution is -0.139. The number of carbonyl (C=O) groups is 1. The van der Waals surface area contributed by atoms with Crippen molar-refractivity contribution in [3.05, 3.63) is 29.8 Å². The molecule has 0 fully saturated rings. The van der Waals surface area contributed by atoms with E-state index in [4.69, 9.17) is 0 Å². The minimum absolute atomic E-state index is 0.143. The monoisotopic (exact) mass is 285 g/mol. The van der Waals surface area contributed by atoms with Crippen molar-refractivity contribution in [2.45, 2.75) is 25.2 Å². The van der Waals surface area contributed by atoms with Crippen LogP contribution < -0.4 is 4.72 Å². The highest BCUT2D eigenvalue weighted by molar-refractivity contribution is 7.89. The first-order valence-corrected chi connectivity index (χ1v) is 7.49. The van der Waals surface area contributed by atoms with Crippen LogP contribution in [0, 0.1) is 5.92 Å². The van der Waals surface area contributed by atoms with Gasteiger partial charge in [-0.2, -0.15) is 4.72 Å². The van der Waals surface area contributed by atoms with Crippen LogP contribution in [0.25, 0.3) is 0 Å². The maximum absolute atomic E-state index is 11.9. The third-order valence-electron chi connectivity index (χ3n) is 2.51. The van der Waals surface area contributed by atoms with Gasteiger partial charge < -0.3 is 4.74 Å². The summed E-state index contributed by atoms with van der Waals surface area (Å²) in [6.45, 7) is 3.83. The summed E-state index contributed by atoms with van der Waals surface area (Å²) >= 11 is 0. The van der Waals surface area contributed by atoms with Crippen molar-refractivity contribution >= 4 is 16.0 Å². The van der Waals surface area contributed by atoms with Crippen molar-refractivity contribution < 1.29 is 17.9 Å². The molecule has 1 aromatic rings. The Morgan fingerprint density at radius 3 is 2.32 bits per heavy atom. The van der Waals surface area contributed by atoms with Crippen LogP contribution in [0.5, 0.6) is 0 Å². The topological polar surface area (TPSA) is 72.5 Å². The summed E-state index contributed by atoms with van der Waals surface area (Å²) in [5.74, 6) is -0.111. The van der Waals surface area contributed by atoms with Crippen molar-refractivity contribution in [1.29, 1.82) is 0 Å². The standard InChI is InChI=1S/C13H19NO4S/c1-10(2)8-11-4-6-12(7-5-11)19(16,17)14-9-13(15)18-3/h4-7,10,14H,8-9H2,1-3H3. The normalized spacial score (nSPS) is 11.6. The Hall–Kier alpha value is -1.40. The molecule has 0 heterocycles. The van der Waals surface area contributed by atoms with E-state index in [0.29, 0.717) is 5.92 Å². The predicted molar refractivity (Wildman–Crippen MR) is 72.2 cm³/mol. The lowest BCUT2D eigenvalue weighted by atomic mass is 10.0. The van der Waals surface area contributed by atoms with E-state index in [2.05, 4.69) is 23.3 Å². The number of ether oxygens (including phenoxy) is 1. The van der Waals surface area contributed by atoms with Crippen LogP contribution in [-0.2, 0) is 26.0 Å². The van der Waals surface area contributed by atoms with Crippen molar-refractivity contribution in [2.75, 3.05) is 13.7 Å². The molecular weight excluding hydrogens is 266 g/mol. The van der Waals surface area contributed by atoms with Gasteiger partial charge in [-0.15, -0.1) is 0 Å². The number of sulfonamides is 1. The molecule has 1 aromatic carbocycles. The largest absolute Gasteiger partial charge is 0.468 e. The van der Waals surface area contributed by atoms with Crippen LogP contribution in [0.15, 0.2) is 29.2 Å². The summed E-state index contributed by atoms with van der Waals surface area (Å²) in [7, 11) is -2.46. The molecule has 0 aliphatic heterocycles. The molecule has 0 unspecified atom stereocenters. The third-order valence-corrected chi connectivity index (χ3v) is 3.93. The van der Waals surface area contributed by atoms with E-state index in [9.17, 15) is 13.2 Å². The number of esters is 1. The van der Waals surface area contributed by atoms with E-state index in [1.54, 1.807) is 12.1 Å². The molecule has 0 amide bonds. The zero-order chi connectivity index (χ0) is 14.5. The Bertz CT molecular complexity index is 520. The van der Waals surface area contributed by atoms with Crippen LogP contribution >= 0.6 is 0 Å². The lowest BCUT2D eigenvalue weighted by Gasteiger charge is -2.08. The van der Waals surface area contributed by atoms with Crippen LogP contribution in [0.3, 0.4) is 0 Å². The lowest BCUT2D eigenvalue weighted by Crippen LogP contribution is -2.30. The second-order valence-electron chi connectivity index (χ2n) is 4.64. The van der Waals surface area contributed by atoms with Gasteiger partial charge in [0.05, 0.1) is 12.0 Å². The van der Waals surface area contributed by atoms with Gasteiger partial charge in [0.25, 0.3) is 0 Å². The average Bonchev–Trinajstić information content (AvgIpc) is 2.36. The van der Waals surface area contributed by atoms with Crippen LogP contribution in [0.1, 0.15) is 19.4 Å². The molecule has 0 aromatic heterocycles. The quantitative estimate of drug-likeness (QED) is 0.800. The second kappa shape index (κ2) is 6.68. The Morgan fingerprint density at radius 2 is 1.84 bits per heavy atom. The summed E-state index contributed by atoms with van der Waals surface area (Å²) in [6.07, 6.45) is 0.899. The van der Waals surface area contributed by atoms with Gasteiger partial charge in [0.15, 0.2) is 0 Å². The fourth-order valence-corrected chi connectivity index (χ4v) is 2.55. The maximum atomic E-state index is 11.9. The molecule has 0 spiro atoms. The third kappa shape index (κ3) is 5.00. The number of methoxy groups -OCH3 is 1. The molecule has 1 N–H and O–H groups in total. The molecule has 0 atom stereocenters. The zero-order valence-corrected chi connectivity index (χ0v) is 12.2. The highest BCUT2D eigenvalue weighted by Crippen LogP contribution is 2.13. The number of hydrogen-bond acceptors (Lipinski definition) is 4. The first-order chi connectivity index (χ1) is 8.85. The number of nitrogens with one attached hydrogen (secondary N) is 1. The Morgan fingerprint density at radius 1 is 1.26 bits per heavy atom. The second-order valence-corrected chi connectivity index (χ2v) is 6.41. The molecule has 0 saturated carbocycles. The number of rotatable bonds is 6. The zero-order valence-electron chi connectivity index (χ0n) is 11.3. The molecule has 0 bridgehead atoms. The summed E-state index contributed by atoms with van der Waals surface area (Å²) in [6, 6.07) is 6.65. The summed E-state index contributed by atoms with van der Waals surface area (Å²) < 4.78 is 30.3. The van der Waals surface area contributed by atoms with E-state index in [0.717, 1.165) is 12.0 Å². The Labute approximate surface area is 114 Å². The number of benzene rings is 1. The molecule has 5 nitrogen and oxygen atoms in total. The summed E-state index contributed by atoms with van der Waals surface area (Å²) in [5, 5.41) is 0. The van der Waals surface area contributed by atoms with Gasteiger partial charge in [-0.1, -0.05) is 26.0 Å². The SMILES string of the molecule is COC(=O)CNS(=O)(=O)c1ccc(CC(C)C)cc1.